The number of aliphatic carboxylic acids is 1. The van der Waals surface area contributed by atoms with Crippen LogP contribution in [0.5, 0.6) is 0 Å². The number of nitrogens with one attached hydrogen (secondary N) is 2. The zero-order valence-electron chi connectivity index (χ0n) is 13.6. The maximum Gasteiger partial charge on any atom is 0.326 e. The molecule has 0 aliphatic heterocycles. The Morgan fingerprint density at radius 1 is 1.12 bits per heavy atom. The molecule has 1 aromatic carbocycles. The summed E-state index contributed by atoms with van der Waals surface area (Å²) in [5.41, 5.74) is 6.49. The topological polar surface area (TPSA) is 122 Å². The summed E-state index contributed by atoms with van der Waals surface area (Å²) in [7, 11) is 0. The van der Waals surface area contributed by atoms with E-state index in [4.69, 9.17) is 10.8 Å². The van der Waals surface area contributed by atoms with E-state index in [-0.39, 0.29) is 11.7 Å². The molecule has 24 heavy (non-hydrogen) atoms. The van der Waals surface area contributed by atoms with Crippen molar-refractivity contribution in [2.24, 2.45) is 11.7 Å². The fourth-order valence-corrected chi connectivity index (χ4v) is 2.29. The lowest BCUT2D eigenvalue weighted by Gasteiger charge is -2.23. The van der Waals surface area contributed by atoms with Gasteiger partial charge in [-0.2, -0.15) is 12.6 Å². The van der Waals surface area contributed by atoms with Crippen molar-refractivity contribution in [3.63, 3.8) is 0 Å². The molecule has 0 heterocycles. The summed E-state index contributed by atoms with van der Waals surface area (Å²) in [5.74, 6) is -2.56. The number of amides is 2. The monoisotopic (exact) mass is 353 g/mol. The Bertz CT molecular complexity index is 580. The van der Waals surface area contributed by atoms with Gasteiger partial charge >= 0.3 is 5.97 Å². The van der Waals surface area contributed by atoms with Gasteiger partial charge in [0.05, 0.1) is 0 Å². The van der Waals surface area contributed by atoms with E-state index >= 15 is 0 Å². The van der Waals surface area contributed by atoms with Crippen molar-refractivity contribution in [3.05, 3.63) is 35.9 Å². The molecule has 7 nitrogen and oxygen atoms in total. The molecule has 3 atom stereocenters. The van der Waals surface area contributed by atoms with Crippen LogP contribution in [0, 0.1) is 5.92 Å². The first-order valence-electron chi connectivity index (χ1n) is 7.52. The highest BCUT2D eigenvalue weighted by atomic mass is 32.1. The minimum Gasteiger partial charge on any atom is -0.480 e. The van der Waals surface area contributed by atoms with Gasteiger partial charge in [0.2, 0.25) is 11.8 Å². The van der Waals surface area contributed by atoms with Gasteiger partial charge in [0.1, 0.15) is 18.1 Å². The Hall–Kier alpha value is -2.06. The minimum atomic E-state index is -1.14. The largest absolute Gasteiger partial charge is 0.480 e. The molecular formula is C16H23N3O4S. The zero-order chi connectivity index (χ0) is 18.3. The lowest BCUT2D eigenvalue weighted by molar-refractivity contribution is -0.143. The molecular weight excluding hydrogens is 330 g/mol. The third kappa shape index (κ3) is 5.54. The maximum atomic E-state index is 12.2. The SMILES string of the molecule is CC(C)[C@H](NC(=O)[C@H](CS)NC(=O)C(N)c1ccccc1)C(=O)O. The second kappa shape index (κ2) is 9.29. The van der Waals surface area contributed by atoms with Crippen LogP contribution < -0.4 is 16.4 Å². The van der Waals surface area contributed by atoms with Crippen molar-refractivity contribution in [2.75, 3.05) is 5.75 Å². The molecule has 0 radical (unpaired) electrons. The molecule has 0 spiro atoms. The molecule has 0 aromatic heterocycles. The van der Waals surface area contributed by atoms with E-state index in [0.717, 1.165) is 0 Å². The van der Waals surface area contributed by atoms with Crippen LogP contribution in [0.15, 0.2) is 30.3 Å². The highest BCUT2D eigenvalue weighted by Gasteiger charge is 2.29. The highest BCUT2D eigenvalue weighted by Crippen LogP contribution is 2.10. The third-order valence-electron chi connectivity index (χ3n) is 3.49. The van der Waals surface area contributed by atoms with Gasteiger partial charge in [-0.1, -0.05) is 44.2 Å². The van der Waals surface area contributed by atoms with E-state index in [0.29, 0.717) is 5.56 Å². The van der Waals surface area contributed by atoms with Crippen LogP contribution in [0.25, 0.3) is 0 Å². The number of benzene rings is 1. The number of hydrogen-bond acceptors (Lipinski definition) is 5. The van der Waals surface area contributed by atoms with Gasteiger partial charge < -0.3 is 21.5 Å². The normalized spacial score (nSPS) is 14.5. The summed E-state index contributed by atoms with van der Waals surface area (Å²) in [4.78, 5) is 35.6. The van der Waals surface area contributed by atoms with Crippen LogP contribution in [0.2, 0.25) is 0 Å². The van der Waals surface area contributed by atoms with Crippen LogP contribution in [-0.4, -0.2) is 40.7 Å². The van der Waals surface area contributed by atoms with E-state index < -0.39 is 35.9 Å². The van der Waals surface area contributed by atoms with Crippen LogP contribution in [0.4, 0.5) is 0 Å². The fraction of sp³-hybridized carbons (Fsp3) is 0.438. The number of thiol groups is 1. The third-order valence-corrected chi connectivity index (χ3v) is 3.85. The first-order valence-corrected chi connectivity index (χ1v) is 8.16. The number of nitrogens with two attached hydrogens (primary N) is 1. The average molecular weight is 353 g/mol. The Labute approximate surface area is 146 Å². The lowest BCUT2D eigenvalue weighted by Crippen LogP contribution is -2.55. The van der Waals surface area contributed by atoms with Gasteiger partial charge in [-0.05, 0) is 11.5 Å². The second-order valence-electron chi connectivity index (χ2n) is 5.70. The van der Waals surface area contributed by atoms with E-state index in [1.807, 2.05) is 0 Å². The van der Waals surface area contributed by atoms with Gasteiger partial charge in [-0.25, -0.2) is 4.79 Å². The number of rotatable bonds is 8. The Balaban J connectivity index is 2.73. The molecule has 0 saturated carbocycles. The van der Waals surface area contributed by atoms with Crippen molar-refractivity contribution >= 4 is 30.4 Å². The van der Waals surface area contributed by atoms with E-state index in [1.165, 1.54) is 0 Å². The van der Waals surface area contributed by atoms with Gasteiger partial charge in [0.15, 0.2) is 0 Å². The number of carbonyl (C=O) groups is 3. The van der Waals surface area contributed by atoms with Crippen LogP contribution in [-0.2, 0) is 14.4 Å². The molecule has 2 amide bonds. The van der Waals surface area contributed by atoms with Crippen LogP contribution in [0.1, 0.15) is 25.5 Å². The first-order chi connectivity index (χ1) is 11.3. The highest BCUT2D eigenvalue weighted by molar-refractivity contribution is 7.80. The fourth-order valence-electron chi connectivity index (χ4n) is 2.03. The smallest absolute Gasteiger partial charge is 0.326 e. The number of carboxylic acids is 1. The average Bonchev–Trinajstić information content (AvgIpc) is 2.56. The molecule has 0 aliphatic rings. The lowest BCUT2D eigenvalue weighted by atomic mass is 10.0. The summed E-state index contributed by atoms with van der Waals surface area (Å²) in [6.07, 6.45) is 0. The predicted octanol–water partition coefficient (Wildman–Crippen LogP) is 0.326. The minimum absolute atomic E-state index is 0.0174. The van der Waals surface area contributed by atoms with Crippen molar-refractivity contribution < 1.29 is 19.5 Å². The molecule has 0 bridgehead atoms. The van der Waals surface area contributed by atoms with Gasteiger partial charge in [-0.15, -0.1) is 0 Å². The molecule has 1 aromatic rings. The number of carboxylic acid groups (broad SMARTS) is 1. The zero-order valence-corrected chi connectivity index (χ0v) is 14.5. The van der Waals surface area contributed by atoms with E-state index in [1.54, 1.807) is 44.2 Å². The Morgan fingerprint density at radius 3 is 2.17 bits per heavy atom. The summed E-state index contributed by atoms with van der Waals surface area (Å²) >= 11 is 4.05. The van der Waals surface area contributed by atoms with Crippen LogP contribution >= 0.6 is 12.6 Å². The van der Waals surface area contributed by atoms with E-state index in [2.05, 4.69) is 23.3 Å². The van der Waals surface area contributed by atoms with Crippen molar-refractivity contribution in [2.45, 2.75) is 32.0 Å². The molecule has 5 N–H and O–H groups in total. The molecule has 8 heteroatoms. The summed E-state index contributed by atoms with van der Waals surface area (Å²) in [6, 6.07) is 5.78. The maximum absolute atomic E-state index is 12.2. The Kier molecular flexibility index (Phi) is 7.73. The number of carbonyl (C=O) groups excluding carboxylic acids is 2. The van der Waals surface area contributed by atoms with Gasteiger partial charge in [0, 0.05) is 5.75 Å². The van der Waals surface area contributed by atoms with Gasteiger partial charge in [-0.3, -0.25) is 9.59 Å². The Morgan fingerprint density at radius 2 is 1.71 bits per heavy atom. The number of hydrogen-bond donors (Lipinski definition) is 5. The van der Waals surface area contributed by atoms with E-state index in [9.17, 15) is 14.4 Å². The van der Waals surface area contributed by atoms with Crippen molar-refractivity contribution in [1.29, 1.82) is 0 Å². The summed E-state index contributed by atoms with van der Waals surface area (Å²) in [6.45, 7) is 3.36. The van der Waals surface area contributed by atoms with Crippen molar-refractivity contribution in [1.82, 2.24) is 10.6 Å². The molecule has 1 unspecified atom stereocenters. The molecule has 0 aliphatic carbocycles. The summed E-state index contributed by atoms with van der Waals surface area (Å²) < 4.78 is 0. The molecule has 132 valence electrons. The first kappa shape index (κ1) is 20.0. The predicted molar refractivity (Wildman–Crippen MR) is 93.6 cm³/mol. The molecule has 1 rings (SSSR count). The molecule has 0 saturated heterocycles. The van der Waals surface area contributed by atoms with Crippen molar-refractivity contribution in [3.8, 4) is 0 Å². The quantitative estimate of drug-likeness (QED) is 0.431. The van der Waals surface area contributed by atoms with Gasteiger partial charge in [0.25, 0.3) is 0 Å². The second-order valence-corrected chi connectivity index (χ2v) is 6.07. The standard InChI is InChI=1S/C16H23N3O4S/c1-9(2)13(16(22)23)19-14(20)11(8-24)18-15(21)12(17)10-6-4-3-5-7-10/h3-7,9,11-13,24H,8,17H2,1-2H3,(H,18,21)(H,19,20)(H,22,23)/t11-,12?,13-/m0/s1. The summed E-state index contributed by atoms with van der Waals surface area (Å²) in [5, 5.41) is 14.0. The molecule has 0 fully saturated rings. The van der Waals surface area contributed by atoms with Crippen LogP contribution in [0.3, 0.4) is 0 Å².